The molecule has 2 aromatic heterocycles. The lowest BCUT2D eigenvalue weighted by Gasteiger charge is -2.12. The van der Waals surface area contributed by atoms with E-state index in [-0.39, 0.29) is 6.54 Å². The Balaban J connectivity index is 1.65. The highest BCUT2D eigenvalue weighted by Gasteiger charge is 2.16. The number of hydrogen-bond donors (Lipinski definition) is 1. The Kier molecular flexibility index (Phi) is 4.89. The van der Waals surface area contributed by atoms with Crippen molar-refractivity contribution in [1.82, 2.24) is 9.55 Å². The van der Waals surface area contributed by atoms with Gasteiger partial charge < -0.3 is 14.8 Å². The molecule has 0 aliphatic rings. The van der Waals surface area contributed by atoms with Gasteiger partial charge in [-0.2, -0.15) is 0 Å². The molecule has 4 aromatic rings. The molecule has 0 bridgehead atoms. The number of fused-ring (bicyclic) bond motifs is 3. The second-order valence-corrected chi connectivity index (χ2v) is 7.24. The van der Waals surface area contributed by atoms with E-state index in [1.165, 1.54) is 31.2 Å². The summed E-state index contributed by atoms with van der Waals surface area (Å²) >= 11 is 1.15. The average molecular weight is 413 g/mol. The van der Waals surface area contributed by atoms with E-state index in [0.29, 0.717) is 37.5 Å². The van der Waals surface area contributed by atoms with Crippen LogP contribution in [0.2, 0.25) is 0 Å². The number of carbonyl (C=O) groups excluding carboxylic acids is 1. The van der Waals surface area contributed by atoms with Crippen molar-refractivity contribution < 1.29 is 18.7 Å². The number of methoxy groups -OCH3 is 2. The molecule has 0 saturated heterocycles. The lowest BCUT2D eigenvalue weighted by atomic mass is 10.2. The van der Waals surface area contributed by atoms with Gasteiger partial charge in [-0.3, -0.25) is 14.2 Å². The molecule has 0 saturated carbocycles. The van der Waals surface area contributed by atoms with E-state index in [2.05, 4.69) is 10.3 Å². The lowest BCUT2D eigenvalue weighted by molar-refractivity contribution is -0.116. The van der Waals surface area contributed by atoms with Crippen molar-refractivity contribution in [2.75, 3.05) is 19.5 Å². The molecule has 1 amide bonds. The summed E-state index contributed by atoms with van der Waals surface area (Å²) in [6.45, 7) is -0.251. The van der Waals surface area contributed by atoms with Crippen LogP contribution in [-0.2, 0) is 11.3 Å². The first-order valence-corrected chi connectivity index (χ1v) is 9.41. The number of halogens is 1. The first-order chi connectivity index (χ1) is 14.0. The van der Waals surface area contributed by atoms with Gasteiger partial charge in [0.05, 0.1) is 37.1 Å². The zero-order valence-electron chi connectivity index (χ0n) is 15.6. The Morgan fingerprint density at radius 2 is 2.07 bits per heavy atom. The van der Waals surface area contributed by atoms with Crippen molar-refractivity contribution in [2.45, 2.75) is 6.54 Å². The molecule has 0 unspecified atom stereocenters. The number of benzene rings is 2. The number of amides is 1. The van der Waals surface area contributed by atoms with E-state index in [4.69, 9.17) is 9.47 Å². The predicted octanol–water partition coefficient (Wildman–Crippen LogP) is 3.41. The second kappa shape index (κ2) is 7.51. The summed E-state index contributed by atoms with van der Waals surface area (Å²) in [5.41, 5.74) is 0.324. The van der Waals surface area contributed by atoms with Crippen LogP contribution in [0.4, 0.5) is 10.1 Å². The fourth-order valence-electron chi connectivity index (χ4n) is 3.04. The lowest BCUT2D eigenvalue weighted by Crippen LogP contribution is -2.27. The predicted molar refractivity (Wildman–Crippen MR) is 110 cm³/mol. The summed E-state index contributed by atoms with van der Waals surface area (Å²) in [5, 5.41) is 3.03. The number of carbonyl (C=O) groups is 1. The van der Waals surface area contributed by atoms with Gasteiger partial charge in [0.25, 0.3) is 5.56 Å². The molecule has 1 N–H and O–H groups in total. The van der Waals surface area contributed by atoms with E-state index in [0.717, 1.165) is 11.3 Å². The third kappa shape index (κ3) is 3.40. The van der Waals surface area contributed by atoms with Crippen LogP contribution in [0.5, 0.6) is 11.5 Å². The zero-order valence-corrected chi connectivity index (χ0v) is 16.4. The molecule has 0 aliphatic heterocycles. The third-order valence-electron chi connectivity index (χ3n) is 4.42. The smallest absolute Gasteiger partial charge is 0.271 e. The minimum absolute atomic E-state index is 0.251. The van der Waals surface area contributed by atoms with Crippen LogP contribution in [0, 0.1) is 5.82 Å². The van der Waals surface area contributed by atoms with Crippen molar-refractivity contribution in [1.29, 1.82) is 0 Å². The Labute approximate surface area is 168 Å². The summed E-state index contributed by atoms with van der Waals surface area (Å²) < 4.78 is 26.7. The van der Waals surface area contributed by atoms with Gasteiger partial charge in [0, 0.05) is 10.8 Å². The van der Waals surface area contributed by atoms with Gasteiger partial charge in [-0.1, -0.05) is 6.07 Å². The molecule has 0 radical (unpaired) electrons. The number of ether oxygens (including phenoxy) is 2. The fraction of sp³-hybridized carbons (Fsp3) is 0.150. The second-order valence-electron chi connectivity index (χ2n) is 6.18. The molecule has 2 aromatic carbocycles. The minimum Gasteiger partial charge on any atom is -0.497 e. The van der Waals surface area contributed by atoms with Crippen LogP contribution in [0.15, 0.2) is 47.5 Å². The molecule has 0 spiro atoms. The largest absolute Gasteiger partial charge is 0.497 e. The molecular formula is C20H16FN3O4S. The Morgan fingerprint density at radius 1 is 1.24 bits per heavy atom. The van der Waals surface area contributed by atoms with E-state index in [1.54, 1.807) is 30.3 Å². The van der Waals surface area contributed by atoms with Crippen molar-refractivity contribution in [2.24, 2.45) is 0 Å². The SMILES string of the molecule is COc1ccc(OC)c(NC(=O)Cn2cnc3c(sc4cccc(F)c43)c2=O)c1. The van der Waals surface area contributed by atoms with Crippen LogP contribution in [0.25, 0.3) is 20.3 Å². The van der Waals surface area contributed by atoms with Gasteiger partial charge in [-0.15, -0.1) is 11.3 Å². The molecule has 4 rings (SSSR count). The molecular weight excluding hydrogens is 397 g/mol. The van der Waals surface area contributed by atoms with Crippen molar-refractivity contribution in [3.63, 3.8) is 0 Å². The average Bonchev–Trinajstić information content (AvgIpc) is 3.11. The molecule has 0 fully saturated rings. The molecule has 7 nitrogen and oxygen atoms in total. The molecule has 9 heteroatoms. The molecule has 0 aliphatic carbocycles. The molecule has 0 atom stereocenters. The number of aromatic nitrogens is 2. The van der Waals surface area contributed by atoms with Gasteiger partial charge >= 0.3 is 0 Å². The number of nitrogens with one attached hydrogen (secondary N) is 1. The van der Waals surface area contributed by atoms with E-state index >= 15 is 0 Å². The molecule has 148 valence electrons. The van der Waals surface area contributed by atoms with Crippen LogP contribution >= 0.6 is 11.3 Å². The summed E-state index contributed by atoms with van der Waals surface area (Å²) in [5.74, 6) is 0.141. The van der Waals surface area contributed by atoms with Crippen molar-refractivity contribution >= 4 is 43.2 Å². The van der Waals surface area contributed by atoms with Crippen LogP contribution < -0.4 is 20.3 Å². The topological polar surface area (TPSA) is 82.4 Å². The molecule has 2 heterocycles. The quantitative estimate of drug-likeness (QED) is 0.542. The Bertz CT molecular complexity index is 1300. The first kappa shape index (κ1) is 18.9. The highest BCUT2D eigenvalue weighted by atomic mass is 32.1. The highest BCUT2D eigenvalue weighted by Crippen LogP contribution is 2.32. The number of nitrogens with zero attached hydrogens (tertiary/aromatic N) is 2. The number of thiophene rings is 1. The summed E-state index contributed by atoms with van der Waals surface area (Å²) in [6.07, 6.45) is 1.26. The Morgan fingerprint density at radius 3 is 2.83 bits per heavy atom. The van der Waals surface area contributed by atoms with E-state index in [9.17, 15) is 14.0 Å². The van der Waals surface area contributed by atoms with Crippen molar-refractivity contribution in [3.8, 4) is 11.5 Å². The summed E-state index contributed by atoms with van der Waals surface area (Å²) in [6, 6.07) is 9.64. The van der Waals surface area contributed by atoms with Gasteiger partial charge in [0.15, 0.2) is 0 Å². The normalized spacial score (nSPS) is 11.0. The highest BCUT2D eigenvalue weighted by molar-refractivity contribution is 7.25. The van der Waals surface area contributed by atoms with Gasteiger partial charge in [0.2, 0.25) is 5.91 Å². The van der Waals surface area contributed by atoms with E-state index in [1.807, 2.05) is 0 Å². The van der Waals surface area contributed by atoms with E-state index < -0.39 is 17.3 Å². The monoisotopic (exact) mass is 413 g/mol. The Hall–Kier alpha value is -3.46. The maximum Gasteiger partial charge on any atom is 0.271 e. The minimum atomic E-state index is -0.438. The maximum absolute atomic E-state index is 14.1. The van der Waals surface area contributed by atoms with Gasteiger partial charge in [0.1, 0.15) is 28.6 Å². The summed E-state index contributed by atoms with van der Waals surface area (Å²) in [7, 11) is 3.00. The number of hydrogen-bond acceptors (Lipinski definition) is 6. The van der Waals surface area contributed by atoms with Crippen LogP contribution in [-0.4, -0.2) is 29.7 Å². The third-order valence-corrected chi connectivity index (χ3v) is 5.55. The van der Waals surface area contributed by atoms with Gasteiger partial charge in [-0.25, -0.2) is 9.37 Å². The number of anilines is 1. The fourth-order valence-corrected chi connectivity index (χ4v) is 4.16. The molecule has 29 heavy (non-hydrogen) atoms. The van der Waals surface area contributed by atoms with Crippen LogP contribution in [0.1, 0.15) is 0 Å². The van der Waals surface area contributed by atoms with Crippen LogP contribution in [0.3, 0.4) is 0 Å². The standard InChI is InChI=1S/C20H16FN3O4S/c1-27-11-6-7-14(28-2)13(8-11)23-16(25)9-24-10-22-18-17-12(21)4-3-5-15(17)29-19(18)20(24)26/h3-8,10H,9H2,1-2H3,(H,23,25). The van der Waals surface area contributed by atoms with Gasteiger partial charge in [-0.05, 0) is 24.3 Å². The van der Waals surface area contributed by atoms with Crippen molar-refractivity contribution in [3.05, 3.63) is 58.9 Å². The first-order valence-electron chi connectivity index (χ1n) is 8.60. The number of rotatable bonds is 5. The maximum atomic E-state index is 14.1. The summed E-state index contributed by atoms with van der Waals surface area (Å²) in [4.78, 5) is 29.5. The zero-order chi connectivity index (χ0) is 20.5.